The highest BCUT2D eigenvalue weighted by molar-refractivity contribution is 7.07. The second-order valence-corrected chi connectivity index (χ2v) is 12.3. The van der Waals surface area contributed by atoms with Gasteiger partial charge in [0.2, 0.25) is 0 Å². The van der Waals surface area contributed by atoms with Crippen LogP contribution in [0.4, 0.5) is 4.39 Å². The molecule has 1 aliphatic heterocycles. The van der Waals surface area contributed by atoms with Gasteiger partial charge in [0.25, 0.3) is 5.56 Å². The summed E-state index contributed by atoms with van der Waals surface area (Å²) in [5.74, 6) is -0.910. The molecule has 0 spiro atoms. The predicted octanol–water partition coefficient (Wildman–Crippen LogP) is 5.77. The largest absolute Gasteiger partial charge is 0.490 e. The van der Waals surface area contributed by atoms with Gasteiger partial charge in [-0.2, -0.15) is 0 Å². The zero-order valence-corrected chi connectivity index (χ0v) is 29.2. The van der Waals surface area contributed by atoms with Gasteiger partial charge in [0.15, 0.2) is 22.9 Å². The third-order valence-electron chi connectivity index (χ3n) is 7.33. The molecule has 49 heavy (non-hydrogen) atoms. The summed E-state index contributed by atoms with van der Waals surface area (Å²) in [6.45, 7) is 5.02. The number of thiazole rings is 1. The fourth-order valence-corrected chi connectivity index (χ4v) is 6.73. The molecule has 3 aromatic carbocycles. The van der Waals surface area contributed by atoms with Gasteiger partial charge in [0, 0.05) is 16.1 Å². The maximum absolute atomic E-state index is 14.3. The van der Waals surface area contributed by atoms with Crippen LogP contribution >= 0.6 is 34.5 Å². The number of carbonyl (C=O) groups is 2. The number of fused-ring (bicyclic) bond motifs is 1. The Bertz CT molecular complexity index is 2130. The zero-order valence-electron chi connectivity index (χ0n) is 26.9. The van der Waals surface area contributed by atoms with Crippen LogP contribution in [0, 0.1) is 5.82 Å². The van der Waals surface area contributed by atoms with Crippen LogP contribution in [-0.2, 0) is 25.7 Å². The number of ether oxygens (including phenoxy) is 5. The standard InChI is InChI=1S/C35H31Cl2FN2O8S/c1-5-45-27-14-20(11-12-26(27)47-18-29(41)44-4)31-30(34(43)46-6-2)19(3)39-35-40(31)33(42)28(49-35)15-22-13-23(36)16-24(37)32(22)48-17-21-9-7-8-10-25(21)38/h7-16,31H,5-6,17-18H2,1-4H3/b28-15+/t31-/m0/s1. The lowest BCUT2D eigenvalue weighted by Crippen LogP contribution is -2.40. The van der Waals surface area contributed by atoms with Crippen LogP contribution in [0.15, 0.2) is 75.7 Å². The van der Waals surface area contributed by atoms with E-state index in [1.807, 2.05) is 0 Å². The van der Waals surface area contributed by atoms with Crippen molar-refractivity contribution in [2.24, 2.45) is 4.99 Å². The molecular formula is C35H31Cl2FN2O8S. The topological polar surface area (TPSA) is 115 Å². The van der Waals surface area contributed by atoms with E-state index in [1.54, 1.807) is 69.3 Å². The highest BCUT2D eigenvalue weighted by atomic mass is 35.5. The van der Waals surface area contributed by atoms with Gasteiger partial charge < -0.3 is 23.7 Å². The summed E-state index contributed by atoms with van der Waals surface area (Å²) in [7, 11) is 1.25. The van der Waals surface area contributed by atoms with Crippen LogP contribution in [0.25, 0.3) is 6.08 Å². The Morgan fingerprint density at radius 3 is 2.51 bits per heavy atom. The van der Waals surface area contributed by atoms with E-state index in [4.69, 9.17) is 42.1 Å². The summed E-state index contributed by atoms with van der Waals surface area (Å²) in [5.41, 5.74) is 1.24. The van der Waals surface area contributed by atoms with E-state index < -0.39 is 29.4 Å². The van der Waals surface area contributed by atoms with E-state index in [9.17, 15) is 18.8 Å². The second-order valence-electron chi connectivity index (χ2n) is 10.5. The summed E-state index contributed by atoms with van der Waals surface area (Å²) in [5, 5.41) is 0.456. The minimum Gasteiger partial charge on any atom is -0.490 e. The van der Waals surface area contributed by atoms with Crippen LogP contribution in [0.2, 0.25) is 10.0 Å². The van der Waals surface area contributed by atoms with Gasteiger partial charge in [0.1, 0.15) is 18.2 Å². The van der Waals surface area contributed by atoms with Crippen molar-refractivity contribution in [3.8, 4) is 17.2 Å². The van der Waals surface area contributed by atoms with Crippen molar-refractivity contribution < 1.29 is 37.7 Å². The van der Waals surface area contributed by atoms with E-state index in [1.165, 1.54) is 23.8 Å². The fraction of sp³-hybridized carbons (Fsp3) is 0.257. The van der Waals surface area contributed by atoms with Crippen LogP contribution in [0.1, 0.15) is 43.5 Å². The highest BCUT2D eigenvalue weighted by Crippen LogP contribution is 2.37. The van der Waals surface area contributed by atoms with Gasteiger partial charge in [-0.3, -0.25) is 9.36 Å². The van der Waals surface area contributed by atoms with Crippen LogP contribution in [0.3, 0.4) is 0 Å². The number of hydrogen-bond donors (Lipinski definition) is 0. The maximum atomic E-state index is 14.3. The van der Waals surface area contributed by atoms with E-state index in [0.29, 0.717) is 32.2 Å². The van der Waals surface area contributed by atoms with Crippen molar-refractivity contribution in [1.82, 2.24) is 4.57 Å². The summed E-state index contributed by atoms with van der Waals surface area (Å²) in [6.07, 6.45) is 1.56. The quantitative estimate of drug-likeness (QED) is 0.169. The molecule has 0 amide bonds. The molecule has 1 aromatic heterocycles. The lowest BCUT2D eigenvalue weighted by atomic mass is 9.95. The summed E-state index contributed by atoms with van der Waals surface area (Å²) >= 11 is 14.0. The molecule has 10 nitrogen and oxygen atoms in total. The molecule has 0 saturated carbocycles. The number of nitrogens with zero attached hydrogens (tertiary/aromatic N) is 2. The Morgan fingerprint density at radius 2 is 1.80 bits per heavy atom. The molecule has 0 N–H and O–H groups in total. The third kappa shape index (κ3) is 7.82. The van der Waals surface area contributed by atoms with E-state index in [-0.39, 0.29) is 58.8 Å². The fourth-order valence-electron chi connectivity index (χ4n) is 5.13. The van der Waals surface area contributed by atoms with Gasteiger partial charge in [-0.25, -0.2) is 19.0 Å². The van der Waals surface area contributed by atoms with Crippen molar-refractivity contribution in [1.29, 1.82) is 0 Å². The Balaban J connectivity index is 1.65. The first kappa shape index (κ1) is 35.7. The number of carbonyl (C=O) groups excluding carboxylic acids is 2. The molecule has 2 heterocycles. The summed E-state index contributed by atoms with van der Waals surface area (Å²) in [6, 6.07) is 13.2. The number of esters is 2. The number of aromatic nitrogens is 1. The lowest BCUT2D eigenvalue weighted by molar-refractivity contribution is -0.143. The average molecular weight is 730 g/mol. The lowest BCUT2D eigenvalue weighted by Gasteiger charge is -2.25. The van der Waals surface area contributed by atoms with E-state index in [2.05, 4.69) is 9.73 Å². The first-order chi connectivity index (χ1) is 23.6. The Hall–Kier alpha value is -4.65. The molecule has 0 saturated heterocycles. The van der Waals surface area contributed by atoms with Gasteiger partial charge in [-0.1, -0.05) is 58.8 Å². The van der Waals surface area contributed by atoms with Crippen LogP contribution < -0.4 is 29.1 Å². The number of hydrogen-bond acceptors (Lipinski definition) is 10. The Labute approximate surface area is 294 Å². The SMILES string of the molecule is CCOC(=O)C1=C(C)N=c2s/c(=C/c3cc(Cl)cc(Cl)c3OCc3ccccc3F)c(=O)n2[C@H]1c1ccc(OCC(=O)OC)c(OCC)c1. The molecule has 0 aliphatic carbocycles. The van der Waals surface area contributed by atoms with Crippen molar-refractivity contribution in [3.63, 3.8) is 0 Å². The molecule has 0 unspecified atom stereocenters. The van der Waals surface area contributed by atoms with Crippen LogP contribution in [-0.4, -0.2) is 43.4 Å². The molecule has 4 aromatic rings. The molecule has 5 rings (SSSR count). The van der Waals surface area contributed by atoms with Gasteiger partial charge >= 0.3 is 11.9 Å². The Kier molecular flexibility index (Phi) is 11.4. The number of allylic oxidation sites excluding steroid dienone is 1. The first-order valence-electron chi connectivity index (χ1n) is 15.1. The van der Waals surface area contributed by atoms with Crippen molar-refractivity contribution in [3.05, 3.63) is 118 Å². The molecule has 256 valence electrons. The second kappa shape index (κ2) is 15.7. The van der Waals surface area contributed by atoms with Crippen LogP contribution in [0.5, 0.6) is 17.2 Å². The highest BCUT2D eigenvalue weighted by Gasteiger charge is 2.34. The first-order valence-corrected chi connectivity index (χ1v) is 16.6. The third-order valence-corrected chi connectivity index (χ3v) is 8.81. The molecular weight excluding hydrogens is 698 g/mol. The minimum atomic E-state index is -0.967. The molecule has 0 bridgehead atoms. The van der Waals surface area contributed by atoms with Crippen molar-refractivity contribution >= 4 is 52.6 Å². The summed E-state index contributed by atoms with van der Waals surface area (Å²) < 4.78 is 43.5. The zero-order chi connectivity index (χ0) is 35.2. The number of benzene rings is 3. The number of halogens is 3. The predicted molar refractivity (Wildman–Crippen MR) is 183 cm³/mol. The molecule has 1 atom stereocenters. The minimum absolute atomic E-state index is 0.0996. The maximum Gasteiger partial charge on any atom is 0.343 e. The average Bonchev–Trinajstić information content (AvgIpc) is 3.37. The van der Waals surface area contributed by atoms with Gasteiger partial charge in [-0.15, -0.1) is 0 Å². The number of rotatable bonds is 12. The normalized spacial score (nSPS) is 14.2. The van der Waals surface area contributed by atoms with Crippen molar-refractivity contribution in [2.75, 3.05) is 26.9 Å². The molecule has 1 aliphatic rings. The monoisotopic (exact) mass is 728 g/mol. The Morgan fingerprint density at radius 1 is 1.02 bits per heavy atom. The van der Waals surface area contributed by atoms with E-state index in [0.717, 1.165) is 11.3 Å². The summed E-state index contributed by atoms with van der Waals surface area (Å²) in [4.78, 5) is 44.3. The van der Waals surface area contributed by atoms with Crippen molar-refractivity contribution in [2.45, 2.75) is 33.4 Å². The number of methoxy groups -OCH3 is 1. The molecule has 14 heteroatoms. The molecule has 0 fully saturated rings. The smallest absolute Gasteiger partial charge is 0.343 e. The molecule has 0 radical (unpaired) electrons. The van der Waals surface area contributed by atoms with Gasteiger partial charge in [-0.05, 0) is 62.7 Å². The van der Waals surface area contributed by atoms with Gasteiger partial charge in [0.05, 0.1) is 47.2 Å². The van der Waals surface area contributed by atoms with E-state index >= 15 is 0 Å².